The minimum Gasteiger partial charge on any atom is -0.374 e. The minimum atomic E-state index is -0.626. The number of fused-ring (bicyclic) bond motifs is 1. The van der Waals surface area contributed by atoms with Gasteiger partial charge in [-0.2, -0.15) is 5.10 Å². The van der Waals surface area contributed by atoms with Crippen LogP contribution in [0.5, 0.6) is 0 Å². The van der Waals surface area contributed by atoms with Crippen molar-refractivity contribution in [2.24, 2.45) is 0 Å². The van der Waals surface area contributed by atoms with E-state index in [9.17, 15) is 9.18 Å². The Morgan fingerprint density at radius 3 is 2.97 bits per heavy atom. The van der Waals surface area contributed by atoms with Gasteiger partial charge in [-0.3, -0.25) is 9.48 Å². The molecule has 0 bridgehead atoms. The van der Waals surface area contributed by atoms with Gasteiger partial charge in [-0.15, -0.1) is 10.2 Å². The van der Waals surface area contributed by atoms with E-state index in [0.717, 1.165) is 13.1 Å². The largest absolute Gasteiger partial charge is 0.374 e. The van der Waals surface area contributed by atoms with Gasteiger partial charge in [0.1, 0.15) is 23.7 Å². The molecule has 10 nitrogen and oxygen atoms in total. The maximum atomic E-state index is 14.9. The van der Waals surface area contributed by atoms with Crippen LogP contribution in [0.25, 0.3) is 22.4 Å². The lowest BCUT2D eigenvalue weighted by molar-refractivity contribution is -0.0284. The fourth-order valence-corrected chi connectivity index (χ4v) is 4.20. The number of hydrogen-bond donors (Lipinski definition) is 1. The number of nitrogens with zero attached hydrogens (tertiary/aromatic N) is 7. The van der Waals surface area contributed by atoms with Crippen molar-refractivity contribution in [1.82, 2.24) is 34.4 Å². The van der Waals surface area contributed by atoms with Crippen LogP contribution >= 0.6 is 0 Å². The van der Waals surface area contributed by atoms with Crippen LogP contribution in [-0.2, 0) is 11.3 Å². The first-order chi connectivity index (χ1) is 16.9. The number of pyridine rings is 1. The first-order valence-corrected chi connectivity index (χ1v) is 11.5. The molecule has 1 amide bonds. The molecule has 3 aromatic heterocycles. The summed E-state index contributed by atoms with van der Waals surface area (Å²) in [6.07, 6.45) is 3.21. The predicted molar refractivity (Wildman–Crippen MR) is 129 cm³/mol. The third-order valence-corrected chi connectivity index (χ3v) is 6.04. The number of hydrogen-bond acceptors (Lipinski definition) is 7. The molecule has 1 aromatic carbocycles. The molecule has 4 heterocycles. The van der Waals surface area contributed by atoms with Gasteiger partial charge in [0, 0.05) is 24.5 Å². The Morgan fingerprint density at radius 1 is 1.31 bits per heavy atom. The van der Waals surface area contributed by atoms with E-state index in [-0.39, 0.29) is 23.5 Å². The van der Waals surface area contributed by atoms with Gasteiger partial charge in [0.05, 0.1) is 36.5 Å². The molecule has 1 aliphatic rings. The first kappa shape index (κ1) is 23.1. The van der Waals surface area contributed by atoms with Crippen molar-refractivity contribution in [2.75, 3.05) is 32.1 Å². The number of ether oxygens (including phenoxy) is 1. The second-order valence-corrected chi connectivity index (χ2v) is 8.99. The van der Waals surface area contributed by atoms with Crippen molar-refractivity contribution >= 4 is 22.6 Å². The molecule has 0 spiro atoms. The van der Waals surface area contributed by atoms with E-state index in [4.69, 9.17) is 4.74 Å². The van der Waals surface area contributed by atoms with Gasteiger partial charge in [0.25, 0.3) is 5.91 Å². The lowest BCUT2D eigenvalue weighted by atomic mass is 10.1. The molecule has 1 aliphatic heterocycles. The van der Waals surface area contributed by atoms with Gasteiger partial charge in [-0.05, 0) is 45.2 Å². The van der Waals surface area contributed by atoms with Crippen molar-refractivity contribution < 1.29 is 13.9 Å². The summed E-state index contributed by atoms with van der Waals surface area (Å²) in [4.78, 5) is 19.7. The maximum Gasteiger partial charge on any atom is 0.259 e. The number of morpholine rings is 1. The van der Waals surface area contributed by atoms with E-state index in [1.165, 1.54) is 12.1 Å². The zero-order valence-corrected chi connectivity index (χ0v) is 19.8. The maximum absolute atomic E-state index is 14.9. The Morgan fingerprint density at radius 2 is 2.17 bits per heavy atom. The van der Waals surface area contributed by atoms with E-state index in [0.29, 0.717) is 35.6 Å². The summed E-state index contributed by atoms with van der Waals surface area (Å²) >= 11 is 0. The van der Waals surface area contributed by atoms with Gasteiger partial charge >= 0.3 is 0 Å². The summed E-state index contributed by atoms with van der Waals surface area (Å²) in [5.74, 6) is -0.347. The molecule has 1 fully saturated rings. The smallest absolute Gasteiger partial charge is 0.259 e. The van der Waals surface area contributed by atoms with Crippen LogP contribution in [0.1, 0.15) is 30.2 Å². The van der Waals surface area contributed by atoms with Crippen LogP contribution in [-0.4, -0.2) is 73.2 Å². The van der Waals surface area contributed by atoms with E-state index in [1.807, 2.05) is 25.5 Å². The van der Waals surface area contributed by atoms with E-state index in [1.54, 1.807) is 35.4 Å². The quantitative estimate of drug-likeness (QED) is 0.454. The number of amides is 1. The molecule has 1 saturated heterocycles. The second kappa shape index (κ2) is 9.51. The standard InChI is InChI=1S/C24H27FN8O2/c1-15(2)32-14-26-30-23(32)20-5-4-6-22(28-20)29-24(34)18-10-21-16(9-19(18)25)11-27-33(21)13-17-12-31(3)7-8-35-17/h4-6,9-11,14-15,17H,7-8,12-13H2,1-3H3,(H,28,29,34). The van der Waals surface area contributed by atoms with Crippen LogP contribution < -0.4 is 5.32 Å². The van der Waals surface area contributed by atoms with Crippen LogP contribution in [0, 0.1) is 5.82 Å². The van der Waals surface area contributed by atoms with Gasteiger partial charge < -0.3 is 19.5 Å². The summed E-state index contributed by atoms with van der Waals surface area (Å²) in [5.41, 5.74) is 1.14. The van der Waals surface area contributed by atoms with E-state index in [2.05, 4.69) is 30.5 Å². The monoisotopic (exact) mass is 478 g/mol. The molecule has 35 heavy (non-hydrogen) atoms. The van der Waals surface area contributed by atoms with Gasteiger partial charge in [-0.1, -0.05) is 6.07 Å². The number of halogens is 1. The number of carbonyl (C=O) groups excluding carboxylic acids is 1. The molecular formula is C24H27FN8O2. The van der Waals surface area contributed by atoms with Crippen LogP contribution in [0.15, 0.2) is 42.9 Å². The summed E-state index contributed by atoms with van der Waals surface area (Å²) < 4.78 is 24.3. The number of rotatable bonds is 6. The van der Waals surface area contributed by atoms with Crippen molar-refractivity contribution in [1.29, 1.82) is 0 Å². The Bertz CT molecular complexity index is 1360. The molecule has 1 N–H and O–H groups in total. The summed E-state index contributed by atoms with van der Waals surface area (Å²) in [6.45, 7) is 6.86. The summed E-state index contributed by atoms with van der Waals surface area (Å²) in [5, 5.41) is 15.8. The zero-order valence-electron chi connectivity index (χ0n) is 19.8. The highest BCUT2D eigenvalue weighted by atomic mass is 19.1. The molecule has 0 aliphatic carbocycles. The minimum absolute atomic E-state index is 0.0287. The van der Waals surface area contributed by atoms with Crippen LogP contribution in [0.4, 0.5) is 10.2 Å². The molecule has 4 aromatic rings. The highest BCUT2D eigenvalue weighted by Gasteiger charge is 2.21. The molecule has 1 unspecified atom stereocenters. The van der Waals surface area contributed by atoms with Crippen LogP contribution in [0.2, 0.25) is 0 Å². The van der Waals surface area contributed by atoms with Gasteiger partial charge in [-0.25, -0.2) is 9.37 Å². The lowest BCUT2D eigenvalue weighted by Crippen LogP contribution is -2.42. The average molecular weight is 479 g/mol. The molecule has 182 valence electrons. The van der Waals surface area contributed by atoms with E-state index >= 15 is 0 Å². The number of anilines is 1. The normalized spacial score (nSPS) is 16.8. The van der Waals surface area contributed by atoms with Gasteiger partial charge in [0.2, 0.25) is 0 Å². The highest BCUT2D eigenvalue weighted by molar-refractivity contribution is 6.06. The summed E-state index contributed by atoms with van der Waals surface area (Å²) in [6, 6.07) is 8.19. The van der Waals surface area contributed by atoms with Crippen molar-refractivity contribution in [3.05, 3.63) is 54.2 Å². The van der Waals surface area contributed by atoms with Crippen molar-refractivity contribution in [3.8, 4) is 11.5 Å². The Kier molecular flexibility index (Phi) is 6.27. The second-order valence-electron chi connectivity index (χ2n) is 8.99. The molecule has 0 radical (unpaired) electrons. The van der Waals surface area contributed by atoms with E-state index < -0.39 is 11.7 Å². The Labute approximate surface area is 201 Å². The van der Waals surface area contributed by atoms with Crippen molar-refractivity contribution in [3.63, 3.8) is 0 Å². The van der Waals surface area contributed by atoms with Crippen molar-refractivity contribution in [2.45, 2.75) is 32.5 Å². The number of carbonyl (C=O) groups is 1. The zero-order chi connectivity index (χ0) is 24.5. The number of aromatic nitrogens is 6. The van der Waals surface area contributed by atoms with Crippen LogP contribution in [0.3, 0.4) is 0 Å². The molecule has 0 saturated carbocycles. The number of nitrogens with one attached hydrogen (secondary N) is 1. The fraction of sp³-hybridized carbons (Fsp3) is 0.375. The molecular weight excluding hydrogens is 451 g/mol. The number of benzene rings is 1. The third-order valence-electron chi connectivity index (χ3n) is 6.04. The summed E-state index contributed by atoms with van der Waals surface area (Å²) in [7, 11) is 2.05. The average Bonchev–Trinajstić information content (AvgIpc) is 3.46. The number of likely N-dealkylation sites (N-methyl/N-ethyl adjacent to an activating group) is 1. The Hall–Kier alpha value is -3.70. The molecule has 5 rings (SSSR count). The SMILES string of the molecule is CC(C)n1cnnc1-c1cccc(NC(=O)c2cc3c(cnn3CC3CN(C)CCO3)cc2F)n1. The predicted octanol–water partition coefficient (Wildman–Crippen LogP) is 2.99. The Balaban J connectivity index is 1.39. The van der Waals surface area contributed by atoms with Gasteiger partial charge in [0.15, 0.2) is 5.82 Å². The third kappa shape index (κ3) is 4.77. The lowest BCUT2D eigenvalue weighted by Gasteiger charge is -2.30. The highest BCUT2D eigenvalue weighted by Crippen LogP contribution is 2.23. The molecule has 11 heteroatoms. The fourth-order valence-electron chi connectivity index (χ4n) is 4.20. The first-order valence-electron chi connectivity index (χ1n) is 11.5. The topological polar surface area (TPSA) is 103 Å². The molecule has 1 atom stereocenters.